The summed E-state index contributed by atoms with van der Waals surface area (Å²) in [6, 6.07) is 0. The van der Waals surface area contributed by atoms with Crippen LogP contribution >= 0.6 is 27.3 Å². The van der Waals surface area contributed by atoms with Gasteiger partial charge in [-0.3, -0.25) is 9.48 Å². The van der Waals surface area contributed by atoms with Crippen molar-refractivity contribution >= 4 is 50.1 Å². The van der Waals surface area contributed by atoms with Gasteiger partial charge in [0.15, 0.2) is 0 Å². The molecule has 0 fully saturated rings. The Morgan fingerprint density at radius 2 is 1.93 bits per heavy atom. The summed E-state index contributed by atoms with van der Waals surface area (Å²) in [7, 11) is 0. The van der Waals surface area contributed by atoms with Crippen LogP contribution in [0.4, 0.5) is 5.00 Å². The lowest BCUT2D eigenvalue weighted by molar-refractivity contribution is -0.116. The molecule has 0 spiro atoms. The Bertz CT molecular complexity index is 887. The monoisotopic (exact) mass is 485 g/mol. The van der Waals surface area contributed by atoms with Crippen LogP contribution in [-0.4, -0.2) is 40.8 Å². The molecule has 2 heterocycles. The minimum atomic E-state index is -0.571. The van der Waals surface area contributed by atoms with Gasteiger partial charge in [0.25, 0.3) is 0 Å². The highest BCUT2D eigenvalue weighted by atomic mass is 79.9. The van der Waals surface area contributed by atoms with Gasteiger partial charge in [-0.1, -0.05) is 6.92 Å². The van der Waals surface area contributed by atoms with E-state index in [1.165, 1.54) is 0 Å². The van der Waals surface area contributed by atoms with Crippen molar-refractivity contribution in [1.29, 1.82) is 0 Å². The number of carbonyl (C=O) groups excluding carboxylic acids is 3. The molecule has 0 atom stereocenters. The largest absolute Gasteiger partial charge is 0.462 e. The third kappa shape index (κ3) is 5.89. The van der Waals surface area contributed by atoms with Gasteiger partial charge >= 0.3 is 11.9 Å². The fourth-order valence-electron chi connectivity index (χ4n) is 2.52. The van der Waals surface area contributed by atoms with E-state index in [-0.39, 0.29) is 41.0 Å². The Morgan fingerprint density at radius 1 is 1.21 bits per heavy atom. The molecule has 10 heteroatoms. The second-order valence-corrected chi connectivity index (χ2v) is 8.12. The lowest BCUT2D eigenvalue weighted by Crippen LogP contribution is -2.17. The number of aryl methyl sites for hydroxylation is 2. The van der Waals surface area contributed by atoms with Gasteiger partial charge in [-0.05, 0) is 48.7 Å². The summed E-state index contributed by atoms with van der Waals surface area (Å²) in [6.45, 7) is 7.94. The minimum absolute atomic E-state index is 0.155. The fourth-order valence-corrected chi connectivity index (χ4v) is 3.94. The van der Waals surface area contributed by atoms with Crippen LogP contribution < -0.4 is 5.32 Å². The first-order valence-corrected chi connectivity index (χ1v) is 10.9. The third-order valence-corrected chi connectivity index (χ3v) is 5.92. The van der Waals surface area contributed by atoms with E-state index in [1.807, 2.05) is 13.8 Å². The van der Waals surface area contributed by atoms with Crippen molar-refractivity contribution in [3.63, 3.8) is 0 Å². The number of carbonyl (C=O) groups is 3. The maximum absolute atomic E-state index is 12.5. The molecule has 1 N–H and O–H groups in total. The van der Waals surface area contributed by atoms with Crippen molar-refractivity contribution in [2.75, 3.05) is 18.5 Å². The van der Waals surface area contributed by atoms with Gasteiger partial charge in [-0.15, -0.1) is 11.3 Å². The normalized spacial score (nSPS) is 10.7. The predicted octanol–water partition coefficient (Wildman–Crippen LogP) is 4.10. The van der Waals surface area contributed by atoms with Gasteiger partial charge in [0.2, 0.25) is 5.91 Å². The number of nitrogens with zero attached hydrogens (tertiary/aromatic N) is 2. The Hall–Kier alpha value is -2.20. The van der Waals surface area contributed by atoms with E-state index in [2.05, 4.69) is 26.3 Å². The zero-order valence-corrected chi connectivity index (χ0v) is 19.2. The molecule has 2 aromatic rings. The molecular formula is C19H24BrN3O5S. The number of hydrogen-bond acceptors (Lipinski definition) is 7. The molecular weight excluding hydrogens is 462 g/mol. The van der Waals surface area contributed by atoms with Crippen LogP contribution in [0, 0.1) is 13.8 Å². The van der Waals surface area contributed by atoms with Gasteiger partial charge in [0.05, 0.1) is 28.9 Å². The number of rotatable bonds is 9. The molecule has 0 saturated carbocycles. The number of anilines is 1. The van der Waals surface area contributed by atoms with E-state index < -0.39 is 11.9 Å². The highest BCUT2D eigenvalue weighted by Crippen LogP contribution is 2.34. The van der Waals surface area contributed by atoms with E-state index in [1.54, 1.807) is 24.7 Å². The summed E-state index contributed by atoms with van der Waals surface area (Å²) in [6.07, 6.45) is 2.62. The van der Waals surface area contributed by atoms with E-state index in [9.17, 15) is 14.4 Å². The summed E-state index contributed by atoms with van der Waals surface area (Å²) >= 11 is 4.40. The Morgan fingerprint density at radius 3 is 2.52 bits per heavy atom. The number of halogens is 1. The first kappa shape index (κ1) is 23.1. The maximum atomic E-state index is 12.5. The van der Waals surface area contributed by atoms with E-state index in [0.717, 1.165) is 21.5 Å². The molecule has 0 unspecified atom stereocenters. The van der Waals surface area contributed by atoms with Crippen LogP contribution in [0.1, 0.15) is 58.0 Å². The molecule has 2 aromatic heterocycles. The van der Waals surface area contributed by atoms with Crippen LogP contribution in [0.5, 0.6) is 0 Å². The fraction of sp³-hybridized carbons (Fsp3) is 0.474. The Labute approximate surface area is 181 Å². The highest BCUT2D eigenvalue weighted by Gasteiger charge is 2.27. The van der Waals surface area contributed by atoms with Crippen LogP contribution in [-0.2, 0) is 20.8 Å². The Balaban J connectivity index is 2.19. The smallest absolute Gasteiger partial charge is 0.348 e. The van der Waals surface area contributed by atoms with Gasteiger partial charge < -0.3 is 14.8 Å². The van der Waals surface area contributed by atoms with Crippen molar-refractivity contribution in [3.05, 3.63) is 32.4 Å². The molecule has 2 rings (SSSR count). The van der Waals surface area contributed by atoms with Crippen LogP contribution in [0.3, 0.4) is 0 Å². The van der Waals surface area contributed by atoms with Crippen molar-refractivity contribution in [1.82, 2.24) is 9.78 Å². The van der Waals surface area contributed by atoms with Crippen LogP contribution in [0.2, 0.25) is 0 Å². The van der Waals surface area contributed by atoms with E-state index in [0.29, 0.717) is 18.5 Å². The average Bonchev–Trinajstić information content (AvgIpc) is 3.17. The number of amides is 1. The minimum Gasteiger partial charge on any atom is -0.462 e. The van der Waals surface area contributed by atoms with Crippen molar-refractivity contribution in [2.45, 2.75) is 47.1 Å². The molecule has 29 heavy (non-hydrogen) atoms. The second kappa shape index (κ2) is 10.5. The summed E-state index contributed by atoms with van der Waals surface area (Å²) in [5.74, 6) is -1.40. The third-order valence-electron chi connectivity index (χ3n) is 3.96. The quantitative estimate of drug-likeness (QED) is 0.536. The van der Waals surface area contributed by atoms with Crippen molar-refractivity contribution in [2.24, 2.45) is 0 Å². The standard InChI is InChI=1S/C19H24BrN3O5S/c1-5-9-28-18(25)15-11(3)16(19(26)27-6-2)29-17(15)21-14(24)7-8-23-10-13(20)12(4)22-23/h10H,5-9H2,1-4H3,(H,21,24). The molecule has 158 valence electrons. The molecule has 0 aromatic carbocycles. The molecule has 0 aliphatic carbocycles. The van der Waals surface area contributed by atoms with Crippen LogP contribution in [0.15, 0.2) is 10.7 Å². The number of hydrogen-bond donors (Lipinski definition) is 1. The van der Waals surface area contributed by atoms with Crippen molar-refractivity contribution < 1.29 is 23.9 Å². The molecule has 0 bridgehead atoms. The summed E-state index contributed by atoms with van der Waals surface area (Å²) in [5, 5.41) is 7.31. The first-order valence-electron chi connectivity index (χ1n) is 9.25. The van der Waals surface area contributed by atoms with Crippen molar-refractivity contribution in [3.8, 4) is 0 Å². The zero-order chi connectivity index (χ0) is 21.6. The molecule has 0 saturated heterocycles. The molecule has 0 radical (unpaired) electrons. The molecule has 8 nitrogen and oxygen atoms in total. The zero-order valence-electron chi connectivity index (χ0n) is 16.8. The van der Waals surface area contributed by atoms with Crippen LogP contribution in [0.25, 0.3) is 0 Å². The predicted molar refractivity (Wildman–Crippen MR) is 113 cm³/mol. The molecule has 1 amide bonds. The topological polar surface area (TPSA) is 99.5 Å². The van der Waals surface area contributed by atoms with Gasteiger partial charge in [0.1, 0.15) is 9.88 Å². The second-order valence-electron chi connectivity index (χ2n) is 6.24. The number of thiophene rings is 1. The number of esters is 2. The lowest BCUT2D eigenvalue weighted by Gasteiger charge is -2.08. The number of nitrogens with one attached hydrogen (secondary N) is 1. The van der Waals surface area contributed by atoms with Gasteiger partial charge in [-0.2, -0.15) is 5.10 Å². The van der Waals surface area contributed by atoms with E-state index in [4.69, 9.17) is 9.47 Å². The summed E-state index contributed by atoms with van der Waals surface area (Å²) in [5.41, 5.74) is 1.47. The maximum Gasteiger partial charge on any atom is 0.348 e. The molecule has 0 aliphatic rings. The summed E-state index contributed by atoms with van der Waals surface area (Å²) in [4.78, 5) is 37.4. The molecule has 0 aliphatic heterocycles. The van der Waals surface area contributed by atoms with Gasteiger partial charge in [0, 0.05) is 19.2 Å². The number of aromatic nitrogens is 2. The lowest BCUT2D eigenvalue weighted by atomic mass is 10.1. The Kier molecular flexibility index (Phi) is 8.39. The van der Waals surface area contributed by atoms with E-state index >= 15 is 0 Å². The van der Waals surface area contributed by atoms with Gasteiger partial charge in [-0.25, -0.2) is 9.59 Å². The average molecular weight is 486 g/mol. The number of ether oxygens (including phenoxy) is 2. The SMILES string of the molecule is CCCOC(=O)c1c(NC(=O)CCn2cc(Br)c(C)n2)sc(C(=O)OCC)c1C. The first-order chi connectivity index (χ1) is 13.8. The summed E-state index contributed by atoms with van der Waals surface area (Å²) < 4.78 is 12.8. The highest BCUT2D eigenvalue weighted by molar-refractivity contribution is 9.10.